The topological polar surface area (TPSA) is 60.4 Å². The number of halogens is 1. The summed E-state index contributed by atoms with van der Waals surface area (Å²) < 4.78 is 29.2. The van der Waals surface area contributed by atoms with Gasteiger partial charge in [-0.25, -0.2) is 13.2 Å². The zero-order chi connectivity index (χ0) is 14.0. The SMILES string of the molecule is COC(=O)c1ccc(S(=O)(=O)c2ccc(Cl)cc2)s1. The van der Waals surface area contributed by atoms with E-state index < -0.39 is 15.8 Å². The molecule has 0 aliphatic carbocycles. The molecule has 0 aliphatic heterocycles. The summed E-state index contributed by atoms with van der Waals surface area (Å²) >= 11 is 6.59. The first-order valence-electron chi connectivity index (χ1n) is 5.14. The highest BCUT2D eigenvalue weighted by Gasteiger charge is 2.21. The van der Waals surface area contributed by atoms with E-state index in [1.165, 1.54) is 43.5 Å². The molecule has 1 aromatic heterocycles. The Morgan fingerprint density at radius 1 is 1.16 bits per heavy atom. The smallest absolute Gasteiger partial charge is 0.348 e. The van der Waals surface area contributed by atoms with Crippen molar-refractivity contribution in [2.75, 3.05) is 7.11 Å². The van der Waals surface area contributed by atoms with Crippen molar-refractivity contribution in [3.8, 4) is 0 Å². The molecule has 0 spiro atoms. The van der Waals surface area contributed by atoms with Crippen LogP contribution in [0.2, 0.25) is 5.02 Å². The van der Waals surface area contributed by atoms with Gasteiger partial charge in [0.2, 0.25) is 9.84 Å². The fourth-order valence-electron chi connectivity index (χ4n) is 1.40. The monoisotopic (exact) mass is 316 g/mol. The molecule has 0 N–H and O–H groups in total. The summed E-state index contributed by atoms with van der Waals surface area (Å²) in [5.41, 5.74) is 0. The summed E-state index contributed by atoms with van der Waals surface area (Å²) in [7, 11) is -2.38. The quantitative estimate of drug-likeness (QED) is 0.817. The number of carbonyl (C=O) groups is 1. The molecular formula is C12H9ClO4S2. The molecule has 0 saturated carbocycles. The van der Waals surface area contributed by atoms with Crippen LogP contribution in [0, 0.1) is 0 Å². The van der Waals surface area contributed by atoms with E-state index in [4.69, 9.17) is 11.6 Å². The van der Waals surface area contributed by atoms with E-state index in [0.717, 1.165) is 11.3 Å². The molecule has 1 heterocycles. The summed E-state index contributed by atoms with van der Waals surface area (Å²) in [5, 5.41) is 0.459. The third kappa shape index (κ3) is 2.80. The second-order valence-corrected chi connectivity index (χ2v) is 7.26. The van der Waals surface area contributed by atoms with Gasteiger partial charge >= 0.3 is 5.97 Å². The molecule has 0 aliphatic rings. The van der Waals surface area contributed by atoms with Crippen LogP contribution in [-0.4, -0.2) is 21.5 Å². The van der Waals surface area contributed by atoms with E-state index in [0.29, 0.717) is 5.02 Å². The highest BCUT2D eigenvalue weighted by Crippen LogP contribution is 2.28. The summed E-state index contributed by atoms with van der Waals surface area (Å²) in [5.74, 6) is -0.553. The van der Waals surface area contributed by atoms with Gasteiger partial charge in [-0.3, -0.25) is 0 Å². The third-order valence-electron chi connectivity index (χ3n) is 2.36. The average molecular weight is 317 g/mol. The average Bonchev–Trinajstić information content (AvgIpc) is 2.88. The third-order valence-corrected chi connectivity index (χ3v) is 5.94. The first-order valence-corrected chi connectivity index (χ1v) is 7.81. The standard InChI is InChI=1S/C12H9ClO4S2/c1-17-12(14)10-6-7-11(18-10)19(15,16)9-4-2-8(13)3-5-9/h2-7H,1H3. The zero-order valence-electron chi connectivity index (χ0n) is 9.79. The van der Waals surface area contributed by atoms with E-state index >= 15 is 0 Å². The highest BCUT2D eigenvalue weighted by atomic mass is 35.5. The Kier molecular flexibility index (Phi) is 3.93. The van der Waals surface area contributed by atoms with Gasteiger partial charge in [0, 0.05) is 5.02 Å². The molecule has 0 fully saturated rings. The van der Waals surface area contributed by atoms with Crippen molar-refractivity contribution >= 4 is 38.7 Å². The Morgan fingerprint density at radius 2 is 1.79 bits per heavy atom. The first kappa shape index (κ1) is 14.0. The zero-order valence-corrected chi connectivity index (χ0v) is 12.2. The van der Waals surface area contributed by atoms with E-state index in [9.17, 15) is 13.2 Å². The molecule has 4 nitrogen and oxygen atoms in total. The van der Waals surface area contributed by atoms with Crippen LogP contribution in [0.15, 0.2) is 45.5 Å². The molecule has 2 rings (SSSR count). The molecule has 1 aromatic carbocycles. The number of carbonyl (C=O) groups excluding carboxylic acids is 1. The van der Waals surface area contributed by atoms with E-state index in [1.807, 2.05) is 0 Å². The Balaban J connectivity index is 2.42. The van der Waals surface area contributed by atoms with Gasteiger partial charge in [0.1, 0.15) is 9.09 Å². The van der Waals surface area contributed by atoms with Crippen LogP contribution in [-0.2, 0) is 14.6 Å². The number of benzene rings is 1. The van der Waals surface area contributed by atoms with Crippen molar-refractivity contribution in [3.63, 3.8) is 0 Å². The maximum Gasteiger partial charge on any atom is 0.348 e. The van der Waals surface area contributed by atoms with Crippen LogP contribution in [0.25, 0.3) is 0 Å². The van der Waals surface area contributed by atoms with Gasteiger partial charge in [-0.1, -0.05) is 11.6 Å². The van der Waals surface area contributed by atoms with E-state index in [-0.39, 0.29) is 14.0 Å². The second-order valence-electron chi connectivity index (χ2n) is 3.57. The number of thiophene rings is 1. The molecule has 2 aromatic rings. The Labute approximate surface area is 119 Å². The molecular weight excluding hydrogens is 308 g/mol. The van der Waals surface area contributed by atoms with Gasteiger partial charge in [0.05, 0.1) is 12.0 Å². The van der Waals surface area contributed by atoms with Gasteiger partial charge < -0.3 is 4.74 Å². The summed E-state index contributed by atoms with van der Waals surface area (Å²) in [6, 6.07) is 8.68. The maximum absolute atomic E-state index is 12.3. The van der Waals surface area contributed by atoms with Crippen molar-refractivity contribution in [2.24, 2.45) is 0 Å². The van der Waals surface area contributed by atoms with Crippen LogP contribution < -0.4 is 0 Å². The minimum absolute atomic E-state index is 0.0928. The molecule has 0 saturated heterocycles. The summed E-state index contributed by atoms with van der Waals surface area (Å²) in [6.07, 6.45) is 0. The second kappa shape index (κ2) is 5.32. The number of rotatable bonds is 3. The largest absolute Gasteiger partial charge is 0.465 e. The number of methoxy groups -OCH3 is 1. The lowest BCUT2D eigenvalue weighted by Crippen LogP contribution is -1.99. The van der Waals surface area contributed by atoms with Gasteiger partial charge in [0.25, 0.3) is 0 Å². The van der Waals surface area contributed by atoms with Gasteiger partial charge in [-0.2, -0.15) is 0 Å². The predicted octanol–water partition coefficient (Wildman–Crippen LogP) is 3.02. The van der Waals surface area contributed by atoms with E-state index in [2.05, 4.69) is 4.74 Å². The minimum Gasteiger partial charge on any atom is -0.465 e. The van der Waals surface area contributed by atoms with Crippen LogP contribution in [0.3, 0.4) is 0 Å². The molecule has 0 unspecified atom stereocenters. The summed E-state index contributed by atoms with van der Waals surface area (Å²) in [4.78, 5) is 11.7. The van der Waals surface area contributed by atoms with Gasteiger partial charge in [-0.05, 0) is 36.4 Å². The molecule has 0 atom stereocenters. The molecule has 0 radical (unpaired) electrons. The Morgan fingerprint density at radius 3 is 2.37 bits per heavy atom. The normalized spacial score (nSPS) is 11.3. The van der Waals surface area contributed by atoms with Crippen molar-refractivity contribution in [3.05, 3.63) is 46.3 Å². The number of sulfone groups is 1. The van der Waals surface area contributed by atoms with Crippen molar-refractivity contribution in [1.29, 1.82) is 0 Å². The predicted molar refractivity (Wildman–Crippen MR) is 72.6 cm³/mol. The van der Waals surface area contributed by atoms with Crippen molar-refractivity contribution in [1.82, 2.24) is 0 Å². The molecule has 19 heavy (non-hydrogen) atoms. The Bertz CT molecular complexity index is 702. The van der Waals surface area contributed by atoms with Crippen molar-refractivity contribution < 1.29 is 17.9 Å². The lowest BCUT2D eigenvalue weighted by atomic mass is 10.4. The molecule has 0 amide bonds. The molecule has 100 valence electrons. The highest BCUT2D eigenvalue weighted by molar-refractivity contribution is 7.93. The van der Waals surface area contributed by atoms with Crippen LogP contribution in [0.5, 0.6) is 0 Å². The maximum atomic E-state index is 12.3. The van der Waals surface area contributed by atoms with Gasteiger partial charge in [0.15, 0.2) is 0 Å². The molecule has 0 bridgehead atoms. The van der Waals surface area contributed by atoms with Crippen molar-refractivity contribution in [2.45, 2.75) is 9.10 Å². The lowest BCUT2D eigenvalue weighted by Gasteiger charge is -2.01. The fourth-order valence-corrected chi connectivity index (χ4v) is 4.16. The van der Waals surface area contributed by atoms with Gasteiger partial charge in [-0.15, -0.1) is 11.3 Å². The number of hydrogen-bond acceptors (Lipinski definition) is 5. The molecule has 7 heteroatoms. The first-order chi connectivity index (χ1) is 8.95. The number of hydrogen-bond donors (Lipinski definition) is 0. The Hall–Kier alpha value is -1.37. The fraction of sp³-hybridized carbons (Fsp3) is 0.0833. The van der Waals surface area contributed by atoms with Crippen LogP contribution in [0.4, 0.5) is 0 Å². The van der Waals surface area contributed by atoms with Crippen LogP contribution in [0.1, 0.15) is 9.67 Å². The minimum atomic E-state index is -3.62. The van der Waals surface area contributed by atoms with Crippen LogP contribution >= 0.6 is 22.9 Å². The lowest BCUT2D eigenvalue weighted by molar-refractivity contribution is 0.0606. The van der Waals surface area contributed by atoms with E-state index in [1.54, 1.807) is 0 Å². The summed E-state index contributed by atoms with van der Waals surface area (Å²) in [6.45, 7) is 0. The number of esters is 1. The number of ether oxygens (including phenoxy) is 1.